The Kier molecular flexibility index (Phi) is 3.23. The molecule has 0 bridgehead atoms. The minimum absolute atomic E-state index is 0.270. The van der Waals surface area contributed by atoms with Gasteiger partial charge in [0.1, 0.15) is 5.82 Å². The Balaban J connectivity index is 2.35. The van der Waals surface area contributed by atoms with Crippen molar-refractivity contribution in [2.75, 3.05) is 5.73 Å². The van der Waals surface area contributed by atoms with Crippen molar-refractivity contribution in [2.24, 2.45) is 5.10 Å². The quantitative estimate of drug-likeness (QED) is 0.866. The van der Waals surface area contributed by atoms with E-state index < -0.39 is 0 Å². The first-order valence-corrected chi connectivity index (χ1v) is 5.67. The number of nitrogen functional groups attached to an aromatic ring is 1. The molecule has 1 heterocycles. The second-order valence-electron chi connectivity index (χ2n) is 3.46. The van der Waals surface area contributed by atoms with Crippen LogP contribution >= 0.6 is 15.9 Å². The highest BCUT2D eigenvalue weighted by Gasteiger charge is 2.04. The summed E-state index contributed by atoms with van der Waals surface area (Å²) < 4.78 is 15.5. The monoisotopic (exact) mass is 296 g/mol. The van der Waals surface area contributed by atoms with Gasteiger partial charge in [-0.1, -0.05) is 22.0 Å². The lowest BCUT2D eigenvalue weighted by molar-refractivity contribution is 0.624. The molecule has 17 heavy (non-hydrogen) atoms. The summed E-state index contributed by atoms with van der Waals surface area (Å²) in [6, 6.07) is 4.73. The Morgan fingerprint density at radius 2 is 2.29 bits per heavy atom. The second-order valence-corrected chi connectivity index (χ2v) is 4.32. The summed E-state index contributed by atoms with van der Waals surface area (Å²) in [4.78, 5) is 3.99. The van der Waals surface area contributed by atoms with E-state index in [2.05, 4.69) is 26.0 Å². The average molecular weight is 297 g/mol. The molecule has 0 fully saturated rings. The normalized spacial score (nSPS) is 11.2. The third kappa shape index (κ3) is 2.52. The zero-order valence-electron chi connectivity index (χ0n) is 9.06. The molecule has 0 aliphatic heterocycles. The fourth-order valence-corrected chi connectivity index (χ4v) is 1.79. The molecule has 0 aliphatic rings. The molecule has 1 aromatic heterocycles. The van der Waals surface area contributed by atoms with Gasteiger partial charge in [-0.3, -0.25) is 0 Å². The van der Waals surface area contributed by atoms with Gasteiger partial charge in [-0.25, -0.2) is 14.1 Å². The molecule has 2 rings (SSSR count). The van der Waals surface area contributed by atoms with Crippen LogP contribution in [0.3, 0.4) is 0 Å². The van der Waals surface area contributed by atoms with E-state index in [-0.39, 0.29) is 11.8 Å². The Labute approximate surface area is 106 Å². The third-order valence-corrected chi connectivity index (χ3v) is 2.84. The standard InChI is InChI=1S/C11H10BrFN4/c1-7-6-17(11(14)16-7)15-5-8-9(12)3-2-4-10(8)13/h2-6H,1H3,(H2,14,16). The van der Waals surface area contributed by atoms with Crippen molar-refractivity contribution in [1.82, 2.24) is 9.66 Å². The van der Waals surface area contributed by atoms with E-state index in [9.17, 15) is 4.39 Å². The van der Waals surface area contributed by atoms with E-state index in [1.54, 1.807) is 25.3 Å². The summed E-state index contributed by atoms with van der Waals surface area (Å²) in [6.45, 7) is 1.81. The first kappa shape index (κ1) is 11.8. The topological polar surface area (TPSA) is 56.2 Å². The zero-order chi connectivity index (χ0) is 12.4. The summed E-state index contributed by atoms with van der Waals surface area (Å²) >= 11 is 3.26. The van der Waals surface area contributed by atoms with E-state index in [0.29, 0.717) is 10.0 Å². The number of nitrogens with zero attached hydrogens (tertiary/aromatic N) is 3. The van der Waals surface area contributed by atoms with Crippen molar-refractivity contribution in [3.63, 3.8) is 0 Å². The Morgan fingerprint density at radius 1 is 1.53 bits per heavy atom. The molecular weight excluding hydrogens is 287 g/mol. The largest absolute Gasteiger partial charge is 0.368 e. The van der Waals surface area contributed by atoms with Gasteiger partial charge in [0.25, 0.3) is 0 Å². The predicted molar refractivity (Wildman–Crippen MR) is 68.5 cm³/mol. The highest BCUT2D eigenvalue weighted by atomic mass is 79.9. The first-order chi connectivity index (χ1) is 8.08. The Hall–Kier alpha value is -1.69. The minimum Gasteiger partial charge on any atom is -0.368 e. The van der Waals surface area contributed by atoms with Crippen molar-refractivity contribution in [2.45, 2.75) is 6.92 Å². The number of rotatable bonds is 2. The maximum absolute atomic E-state index is 13.5. The SMILES string of the molecule is Cc1cn(N=Cc2c(F)cccc2Br)c(N)n1. The number of aryl methyl sites for hydroxylation is 1. The van der Waals surface area contributed by atoms with Gasteiger partial charge >= 0.3 is 0 Å². The molecule has 88 valence electrons. The van der Waals surface area contributed by atoms with Gasteiger partial charge in [0.2, 0.25) is 5.95 Å². The lowest BCUT2D eigenvalue weighted by Crippen LogP contribution is -1.98. The maximum Gasteiger partial charge on any atom is 0.221 e. The first-order valence-electron chi connectivity index (χ1n) is 4.88. The van der Waals surface area contributed by atoms with Crippen LogP contribution in [0.5, 0.6) is 0 Å². The van der Waals surface area contributed by atoms with Crippen LogP contribution in [-0.2, 0) is 0 Å². The van der Waals surface area contributed by atoms with Crippen molar-refractivity contribution in [1.29, 1.82) is 0 Å². The van der Waals surface area contributed by atoms with Gasteiger partial charge < -0.3 is 5.73 Å². The van der Waals surface area contributed by atoms with Crippen LogP contribution < -0.4 is 5.73 Å². The molecule has 1 aromatic carbocycles. The summed E-state index contributed by atoms with van der Waals surface area (Å²) in [5, 5.41) is 4.05. The van der Waals surface area contributed by atoms with Crippen molar-refractivity contribution >= 4 is 28.1 Å². The van der Waals surface area contributed by atoms with Gasteiger partial charge in [0.05, 0.1) is 18.1 Å². The zero-order valence-corrected chi connectivity index (χ0v) is 10.6. The summed E-state index contributed by atoms with van der Waals surface area (Å²) in [7, 11) is 0. The van der Waals surface area contributed by atoms with Crippen LogP contribution in [0.25, 0.3) is 0 Å². The second kappa shape index (κ2) is 4.67. The predicted octanol–water partition coefficient (Wildman–Crippen LogP) is 2.56. The van der Waals surface area contributed by atoms with Gasteiger partial charge in [-0.05, 0) is 19.1 Å². The molecule has 4 nitrogen and oxygen atoms in total. The van der Waals surface area contributed by atoms with Gasteiger partial charge in [0.15, 0.2) is 0 Å². The molecule has 0 unspecified atom stereocenters. The number of hydrogen-bond donors (Lipinski definition) is 1. The van der Waals surface area contributed by atoms with Crippen molar-refractivity contribution < 1.29 is 4.39 Å². The molecule has 2 aromatic rings. The molecule has 0 amide bonds. The van der Waals surface area contributed by atoms with Crippen LogP contribution in [0.1, 0.15) is 11.3 Å². The fraction of sp³-hybridized carbons (Fsp3) is 0.0909. The number of aromatic nitrogens is 2. The number of nitrogens with two attached hydrogens (primary N) is 1. The van der Waals surface area contributed by atoms with Gasteiger partial charge in [-0.2, -0.15) is 5.10 Å². The molecule has 0 radical (unpaired) electrons. The Morgan fingerprint density at radius 3 is 2.88 bits per heavy atom. The van der Waals surface area contributed by atoms with Crippen LogP contribution in [-0.4, -0.2) is 15.9 Å². The number of benzene rings is 1. The summed E-state index contributed by atoms with van der Waals surface area (Å²) in [5.41, 5.74) is 6.74. The highest BCUT2D eigenvalue weighted by molar-refractivity contribution is 9.10. The smallest absolute Gasteiger partial charge is 0.221 e. The molecule has 0 spiro atoms. The lowest BCUT2D eigenvalue weighted by Gasteiger charge is -2.00. The third-order valence-electron chi connectivity index (χ3n) is 2.15. The van der Waals surface area contributed by atoms with E-state index >= 15 is 0 Å². The number of imidazole rings is 1. The van der Waals surface area contributed by atoms with Crippen molar-refractivity contribution in [3.8, 4) is 0 Å². The van der Waals surface area contributed by atoms with E-state index in [4.69, 9.17) is 5.73 Å². The van der Waals surface area contributed by atoms with Gasteiger partial charge in [-0.15, -0.1) is 0 Å². The van der Waals surface area contributed by atoms with Crippen LogP contribution in [0.15, 0.2) is 34.0 Å². The number of halogens is 2. The van der Waals surface area contributed by atoms with Crippen LogP contribution in [0, 0.1) is 12.7 Å². The molecule has 0 aliphatic carbocycles. The van der Waals surface area contributed by atoms with E-state index in [0.717, 1.165) is 5.69 Å². The van der Waals surface area contributed by atoms with Gasteiger partial charge in [0, 0.05) is 10.0 Å². The molecular formula is C11H10BrFN4. The van der Waals surface area contributed by atoms with E-state index in [1.165, 1.54) is 17.0 Å². The Bertz CT molecular complexity index is 557. The maximum atomic E-state index is 13.5. The molecule has 0 atom stereocenters. The fourth-order valence-electron chi connectivity index (χ4n) is 1.35. The molecule has 6 heteroatoms. The number of hydrogen-bond acceptors (Lipinski definition) is 3. The average Bonchev–Trinajstić information content (AvgIpc) is 2.57. The molecule has 0 saturated carbocycles. The lowest BCUT2D eigenvalue weighted by atomic mass is 10.2. The summed E-state index contributed by atoms with van der Waals surface area (Å²) in [6.07, 6.45) is 3.07. The molecule has 2 N–H and O–H groups in total. The summed E-state index contributed by atoms with van der Waals surface area (Å²) in [5.74, 6) is -0.0789. The minimum atomic E-state index is -0.349. The molecule has 0 saturated heterocycles. The van der Waals surface area contributed by atoms with E-state index in [1.807, 2.05) is 0 Å². The van der Waals surface area contributed by atoms with Crippen LogP contribution in [0.4, 0.5) is 10.3 Å². The van der Waals surface area contributed by atoms with Crippen molar-refractivity contribution in [3.05, 3.63) is 45.9 Å². The highest BCUT2D eigenvalue weighted by Crippen LogP contribution is 2.17. The number of anilines is 1. The van der Waals surface area contributed by atoms with Crippen LogP contribution in [0.2, 0.25) is 0 Å².